The SMILES string of the molecule is CCc1ccc(N(CC(=O)NC(C)c2cc(C)c(C)cc2C)S(C)(=O)=O)cc1. The molecule has 2 aromatic rings. The highest BCUT2D eigenvalue weighted by atomic mass is 32.2. The molecular formula is C22H30N2O3S. The van der Waals surface area contributed by atoms with Crippen LogP contribution in [0, 0.1) is 20.8 Å². The van der Waals surface area contributed by atoms with Crippen molar-refractivity contribution in [3.05, 3.63) is 64.2 Å². The summed E-state index contributed by atoms with van der Waals surface area (Å²) in [6.45, 7) is 9.81. The summed E-state index contributed by atoms with van der Waals surface area (Å²) in [7, 11) is -3.58. The Labute approximate surface area is 168 Å². The number of hydrogen-bond donors (Lipinski definition) is 1. The van der Waals surface area contributed by atoms with E-state index in [1.165, 1.54) is 5.56 Å². The lowest BCUT2D eigenvalue weighted by atomic mass is 9.96. The van der Waals surface area contributed by atoms with E-state index in [0.717, 1.165) is 39.2 Å². The number of rotatable bonds is 7. The molecule has 1 N–H and O–H groups in total. The summed E-state index contributed by atoms with van der Waals surface area (Å²) in [5.41, 5.74) is 6.11. The van der Waals surface area contributed by atoms with Gasteiger partial charge in [0.2, 0.25) is 15.9 Å². The van der Waals surface area contributed by atoms with Gasteiger partial charge in [0.1, 0.15) is 6.54 Å². The monoisotopic (exact) mass is 402 g/mol. The number of nitrogens with zero attached hydrogens (tertiary/aromatic N) is 1. The Balaban J connectivity index is 2.18. The molecule has 2 rings (SSSR count). The maximum Gasteiger partial charge on any atom is 0.241 e. The van der Waals surface area contributed by atoms with Crippen molar-refractivity contribution < 1.29 is 13.2 Å². The molecular weight excluding hydrogens is 372 g/mol. The molecule has 28 heavy (non-hydrogen) atoms. The lowest BCUT2D eigenvalue weighted by Gasteiger charge is -2.24. The molecule has 0 bridgehead atoms. The van der Waals surface area contributed by atoms with Crippen LogP contribution in [0.15, 0.2) is 36.4 Å². The number of anilines is 1. The number of sulfonamides is 1. The number of hydrogen-bond acceptors (Lipinski definition) is 3. The Hall–Kier alpha value is -2.34. The molecule has 1 amide bonds. The average molecular weight is 403 g/mol. The van der Waals surface area contributed by atoms with Gasteiger partial charge in [-0.3, -0.25) is 9.10 Å². The zero-order chi connectivity index (χ0) is 21.1. The van der Waals surface area contributed by atoms with Crippen molar-refractivity contribution in [2.75, 3.05) is 17.1 Å². The number of aryl methyl sites for hydroxylation is 4. The van der Waals surface area contributed by atoms with Crippen LogP contribution in [0.3, 0.4) is 0 Å². The number of carbonyl (C=O) groups excluding carboxylic acids is 1. The molecule has 0 aromatic heterocycles. The van der Waals surface area contributed by atoms with E-state index in [1.54, 1.807) is 12.1 Å². The number of amides is 1. The van der Waals surface area contributed by atoms with E-state index in [1.807, 2.05) is 39.8 Å². The van der Waals surface area contributed by atoms with Gasteiger partial charge in [-0.25, -0.2) is 8.42 Å². The Morgan fingerprint density at radius 2 is 1.61 bits per heavy atom. The van der Waals surface area contributed by atoms with E-state index in [-0.39, 0.29) is 18.5 Å². The summed E-state index contributed by atoms with van der Waals surface area (Å²) in [5, 5.41) is 2.93. The third-order valence-electron chi connectivity index (χ3n) is 5.05. The molecule has 0 spiro atoms. The first-order valence-electron chi connectivity index (χ1n) is 9.46. The van der Waals surface area contributed by atoms with E-state index in [9.17, 15) is 13.2 Å². The van der Waals surface area contributed by atoms with Gasteiger partial charge in [-0.05, 0) is 74.1 Å². The van der Waals surface area contributed by atoms with Crippen LogP contribution in [-0.4, -0.2) is 27.1 Å². The van der Waals surface area contributed by atoms with Crippen molar-refractivity contribution in [1.29, 1.82) is 0 Å². The van der Waals surface area contributed by atoms with Crippen LogP contribution in [0.5, 0.6) is 0 Å². The van der Waals surface area contributed by atoms with Crippen molar-refractivity contribution in [3.8, 4) is 0 Å². The quantitative estimate of drug-likeness (QED) is 0.766. The summed E-state index contributed by atoms with van der Waals surface area (Å²) in [4.78, 5) is 12.6. The van der Waals surface area contributed by atoms with Crippen LogP contribution in [-0.2, 0) is 21.2 Å². The fraction of sp³-hybridized carbons (Fsp3) is 0.409. The van der Waals surface area contributed by atoms with E-state index in [2.05, 4.69) is 24.4 Å². The summed E-state index contributed by atoms with van der Waals surface area (Å²) >= 11 is 0. The van der Waals surface area contributed by atoms with E-state index < -0.39 is 10.0 Å². The Kier molecular flexibility index (Phi) is 6.88. The van der Waals surface area contributed by atoms with Gasteiger partial charge >= 0.3 is 0 Å². The predicted octanol–water partition coefficient (Wildman–Crippen LogP) is 3.82. The zero-order valence-electron chi connectivity index (χ0n) is 17.5. The van der Waals surface area contributed by atoms with Crippen molar-refractivity contribution in [2.24, 2.45) is 0 Å². The molecule has 5 nitrogen and oxygen atoms in total. The minimum absolute atomic E-state index is 0.212. The highest BCUT2D eigenvalue weighted by molar-refractivity contribution is 7.92. The van der Waals surface area contributed by atoms with Gasteiger partial charge in [-0.1, -0.05) is 31.2 Å². The molecule has 0 aliphatic heterocycles. The summed E-state index contributed by atoms with van der Waals surface area (Å²) in [5.74, 6) is -0.338. The second-order valence-electron chi connectivity index (χ2n) is 7.37. The lowest BCUT2D eigenvalue weighted by Crippen LogP contribution is -2.41. The lowest BCUT2D eigenvalue weighted by molar-refractivity contribution is -0.120. The molecule has 0 aliphatic carbocycles. The minimum Gasteiger partial charge on any atom is -0.348 e. The number of nitrogens with one attached hydrogen (secondary N) is 1. The third-order valence-corrected chi connectivity index (χ3v) is 6.19. The predicted molar refractivity (Wildman–Crippen MR) is 115 cm³/mol. The van der Waals surface area contributed by atoms with Gasteiger partial charge in [-0.15, -0.1) is 0 Å². The Bertz CT molecular complexity index is 950. The largest absolute Gasteiger partial charge is 0.348 e. The van der Waals surface area contributed by atoms with Crippen LogP contribution in [0.25, 0.3) is 0 Å². The normalized spacial score (nSPS) is 12.5. The summed E-state index contributed by atoms with van der Waals surface area (Å²) < 4.78 is 25.7. The fourth-order valence-electron chi connectivity index (χ4n) is 3.24. The average Bonchev–Trinajstić information content (AvgIpc) is 2.62. The fourth-order valence-corrected chi connectivity index (χ4v) is 4.10. The first kappa shape index (κ1) is 22.0. The van der Waals surface area contributed by atoms with Crippen molar-refractivity contribution in [2.45, 2.75) is 47.1 Å². The van der Waals surface area contributed by atoms with E-state index in [4.69, 9.17) is 0 Å². The zero-order valence-corrected chi connectivity index (χ0v) is 18.4. The molecule has 0 aliphatic rings. The van der Waals surface area contributed by atoms with Gasteiger partial charge in [0, 0.05) is 0 Å². The van der Waals surface area contributed by atoms with Crippen molar-refractivity contribution in [1.82, 2.24) is 5.32 Å². The van der Waals surface area contributed by atoms with Crippen molar-refractivity contribution in [3.63, 3.8) is 0 Å². The van der Waals surface area contributed by atoms with E-state index >= 15 is 0 Å². The minimum atomic E-state index is -3.58. The van der Waals surface area contributed by atoms with Crippen LogP contribution in [0.2, 0.25) is 0 Å². The van der Waals surface area contributed by atoms with Crippen molar-refractivity contribution >= 4 is 21.6 Å². The van der Waals surface area contributed by atoms with Crippen LogP contribution in [0.1, 0.15) is 47.7 Å². The van der Waals surface area contributed by atoms with Gasteiger partial charge in [-0.2, -0.15) is 0 Å². The molecule has 1 unspecified atom stereocenters. The highest BCUT2D eigenvalue weighted by Gasteiger charge is 2.22. The second kappa shape index (κ2) is 8.78. The molecule has 0 radical (unpaired) electrons. The molecule has 0 fully saturated rings. The molecule has 6 heteroatoms. The van der Waals surface area contributed by atoms with Gasteiger partial charge in [0.05, 0.1) is 18.0 Å². The molecule has 0 heterocycles. The van der Waals surface area contributed by atoms with Gasteiger partial charge in [0.25, 0.3) is 0 Å². The topological polar surface area (TPSA) is 66.5 Å². The first-order valence-corrected chi connectivity index (χ1v) is 11.3. The Morgan fingerprint density at radius 3 is 2.14 bits per heavy atom. The van der Waals surface area contributed by atoms with Gasteiger partial charge in [0.15, 0.2) is 0 Å². The first-order chi connectivity index (χ1) is 13.0. The van der Waals surface area contributed by atoms with Crippen LogP contribution < -0.4 is 9.62 Å². The standard InChI is InChI=1S/C22H30N2O3S/c1-7-19-8-10-20(11-9-19)24(28(6,26)27)14-22(25)23-18(5)21-13-16(3)15(2)12-17(21)4/h8-13,18H,7,14H2,1-6H3,(H,23,25). The smallest absolute Gasteiger partial charge is 0.241 e. The number of benzene rings is 2. The number of carbonyl (C=O) groups is 1. The molecule has 152 valence electrons. The molecule has 2 aromatic carbocycles. The molecule has 0 saturated heterocycles. The Morgan fingerprint density at radius 1 is 1.04 bits per heavy atom. The van der Waals surface area contributed by atoms with E-state index in [0.29, 0.717) is 5.69 Å². The van der Waals surface area contributed by atoms with Crippen LogP contribution in [0.4, 0.5) is 5.69 Å². The van der Waals surface area contributed by atoms with Gasteiger partial charge < -0.3 is 5.32 Å². The summed E-state index contributed by atoms with van der Waals surface area (Å²) in [6, 6.07) is 11.2. The summed E-state index contributed by atoms with van der Waals surface area (Å²) in [6.07, 6.45) is 1.98. The highest BCUT2D eigenvalue weighted by Crippen LogP contribution is 2.22. The van der Waals surface area contributed by atoms with Crippen LogP contribution >= 0.6 is 0 Å². The maximum absolute atomic E-state index is 12.6. The molecule has 1 atom stereocenters. The molecule has 0 saturated carbocycles. The second-order valence-corrected chi connectivity index (χ2v) is 9.28. The maximum atomic E-state index is 12.6. The third kappa shape index (κ3) is 5.35.